The maximum Gasteiger partial charge on any atom is 0.247 e. The van der Waals surface area contributed by atoms with Crippen LogP contribution in [0, 0.1) is 6.92 Å². The molecule has 27 heavy (non-hydrogen) atoms. The second-order valence-corrected chi connectivity index (χ2v) is 6.50. The molecular weight excluding hydrogens is 340 g/mol. The second kappa shape index (κ2) is 7.11. The highest BCUT2D eigenvalue weighted by atomic mass is 16.6. The molecule has 5 heteroatoms. The van der Waals surface area contributed by atoms with Gasteiger partial charge in [-0.3, -0.25) is 4.79 Å². The van der Waals surface area contributed by atoms with Crippen molar-refractivity contribution in [3.63, 3.8) is 0 Å². The topological polar surface area (TPSA) is 51.1 Å². The summed E-state index contributed by atoms with van der Waals surface area (Å²) >= 11 is 0. The van der Waals surface area contributed by atoms with Crippen LogP contribution in [0.25, 0.3) is 10.8 Å². The minimum Gasteiger partial charge on any atom is -0.483 e. The first-order valence-electron chi connectivity index (χ1n) is 8.83. The number of hydrogen-bond acceptors (Lipinski definition) is 4. The number of fused-ring (bicyclic) bond motifs is 1. The fraction of sp³-hybridized carbons (Fsp3) is 0.182. The Labute approximate surface area is 157 Å². The van der Waals surface area contributed by atoms with E-state index in [4.69, 9.17) is 9.47 Å². The first-order chi connectivity index (χ1) is 13.1. The van der Waals surface area contributed by atoms with Crippen molar-refractivity contribution in [2.24, 2.45) is 5.10 Å². The van der Waals surface area contributed by atoms with Crippen molar-refractivity contribution in [2.75, 3.05) is 6.61 Å². The molecule has 1 unspecified atom stereocenters. The first-order valence-corrected chi connectivity index (χ1v) is 8.83. The van der Waals surface area contributed by atoms with E-state index in [1.807, 2.05) is 73.7 Å². The molecular formula is C22H20N2O3. The van der Waals surface area contributed by atoms with E-state index in [9.17, 15) is 4.79 Å². The van der Waals surface area contributed by atoms with Crippen LogP contribution in [0.4, 0.5) is 0 Å². The van der Waals surface area contributed by atoms with Crippen LogP contribution in [0.3, 0.4) is 0 Å². The second-order valence-electron chi connectivity index (χ2n) is 6.50. The summed E-state index contributed by atoms with van der Waals surface area (Å²) in [5.41, 5.74) is 2.02. The minimum atomic E-state index is -0.561. The fourth-order valence-electron chi connectivity index (χ4n) is 3.07. The Morgan fingerprint density at radius 1 is 1.07 bits per heavy atom. The standard InChI is InChI=1S/C22H20N2O3/c1-15-10-12-18(13-11-15)22-24(16(2)25)23-21(27-22)14-26-20-9-5-7-17-6-3-4-8-19(17)20/h3-13,22H,14H2,1-2H3. The lowest BCUT2D eigenvalue weighted by atomic mass is 10.1. The largest absolute Gasteiger partial charge is 0.483 e. The van der Waals surface area contributed by atoms with Gasteiger partial charge in [0.25, 0.3) is 0 Å². The maximum absolute atomic E-state index is 12.0. The predicted octanol–water partition coefficient (Wildman–Crippen LogP) is 4.42. The highest BCUT2D eigenvalue weighted by molar-refractivity contribution is 5.89. The number of hydrazone groups is 1. The van der Waals surface area contributed by atoms with Crippen LogP contribution in [0.1, 0.15) is 24.3 Å². The number of carbonyl (C=O) groups excluding carboxylic acids is 1. The highest BCUT2D eigenvalue weighted by Gasteiger charge is 2.32. The Kier molecular flexibility index (Phi) is 4.50. The predicted molar refractivity (Wildman–Crippen MR) is 104 cm³/mol. The summed E-state index contributed by atoms with van der Waals surface area (Å²) < 4.78 is 11.9. The quantitative estimate of drug-likeness (QED) is 0.692. The molecule has 0 saturated heterocycles. The molecule has 136 valence electrons. The van der Waals surface area contributed by atoms with Gasteiger partial charge in [0.1, 0.15) is 5.75 Å². The van der Waals surface area contributed by atoms with Crippen molar-refractivity contribution in [3.05, 3.63) is 77.9 Å². The summed E-state index contributed by atoms with van der Waals surface area (Å²) in [4.78, 5) is 12.0. The molecule has 0 radical (unpaired) electrons. The molecule has 4 rings (SSSR count). The average molecular weight is 360 g/mol. The van der Waals surface area contributed by atoms with Gasteiger partial charge in [-0.2, -0.15) is 5.01 Å². The van der Waals surface area contributed by atoms with Crippen molar-refractivity contribution >= 4 is 22.6 Å². The zero-order valence-corrected chi connectivity index (χ0v) is 15.3. The molecule has 1 aliphatic rings. The molecule has 1 amide bonds. The van der Waals surface area contributed by atoms with E-state index >= 15 is 0 Å². The SMILES string of the molecule is CC(=O)N1N=C(COc2cccc3ccccc23)OC1c1ccc(C)cc1. The zero-order chi connectivity index (χ0) is 18.8. The molecule has 0 bridgehead atoms. The third-order valence-corrected chi connectivity index (χ3v) is 4.47. The van der Waals surface area contributed by atoms with Gasteiger partial charge in [0, 0.05) is 17.9 Å². The van der Waals surface area contributed by atoms with Crippen LogP contribution < -0.4 is 4.74 Å². The van der Waals surface area contributed by atoms with Crippen molar-refractivity contribution in [2.45, 2.75) is 20.1 Å². The van der Waals surface area contributed by atoms with Gasteiger partial charge < -0.3 is 9.47 Å². The first kappa shape index (κ1) is 17.1. The van der Waals surface area contributed by atoms with E-state index in [1.165, 1.54) is 11.9 Å². The van der Waals surface area contributed by atoms with Crippen molar-refractivity contribution in [3.8, 4) is 5.75 Å². The summed E-state index contributed by atoms with van der Waals surface area (Å²) in [6, 6.07) is 21.8. The van der Waals surface area contributed by atoms with E-state index in [-0.39, 0.29) is 12.5 Å². The van der Waals surface area contributed by atoms with Crippen molar-refractivity contribution in [1.29, 1.82) is 0 Å². The van der Waals surface area contributed by atoms with Gasteiger partial charge in [-0.1, -0.05) is 66.2 Å². The third-order valence-electron chi connectivity index (χ3n) is 4.47. The number of aryl methyl sites for hydroxylation is 1. The molecule has 0 aliphatic carbocycles. The van der Waals surface area contributed by atoms with Crippen LogP contribution in [-0.2, 0) is 9.53 Å². The summed E-state index contributed by atoms with van der Waals surface area (Å²) in [6.07, 6.45) is -0.561. The summed E-state index contributed by atoms with van der Waals surface area (Å²) in [5.74, 6) is 0.956. The number of rotatable bonds is 4. The smallest absolute Gasteiger partial charge is 0.247 e. The van der Waals surface area contributed by atoms with Gasteiger partial charge in [-0.05, 0) is 18.4 Å². The molecule has 0 fully saturated rings. The van der Waals surface area contributed by atoms with Gasteiger partial charge in [-0.25, -0.2) is 0 Å². The van der Waals surface area contributed by atoms with E-state index in [1.54, 1.807) is 0 Å². The van der Waals surface area contributed by atoms with Crippen LogP contribution in [0.5, 0.6) is 5.75 Å². The van der Waals surface area contributed by atoms with Gasteiger partial charge in [0.2, 0.25) is 18.0 Å². The normalized spacial score (nSPS) is 16.1. The van der Waals surface area contributed by atoms with Gasteiger partial charge in [-0.15, -0.1) is 5.10 Å². The number of benzene rings is 3. The van der Waals surface area contributed by atoms with Gasteiger partial charge in [0.15, 0.2) is 6.61 Å². The van der Waals surface area contributed by atoms with Crippen LogP contribution >= 0.6 is 0 Å². The molecule has 0 N–H and O–H groups in total. The molecule has 1 atom stereocenters. The Balaban J connectivity index is 1.53. The Morgan fingerprint density at radius 2 is 1.81 bits per heavy atom. The molecule has 0 aromatic heterocycles. The molecule has 3 aromatic rings. The van der Waals surface area contributed by atoms with Gasteiger partial charge >= 0.3 is 0 Å². The number of nitrogens with zero attached hydrogens (tertiary/aromatic N) is 2. The molecule has 5 nitrogen and oxygen atoms in total. The van der Waals surface area contributed by atoms with Crippen LogP contribution in [0.2, 0.25) is 0 Å². The minimum absolute atomic E-state index is 0.153. The Morgan fingerprint density at radius 3 is 2.59 bits per heavy atom. The molecule has 1 heterocycles. The summed E-state index contributed by atoms with van der Waals surface area (Å²) in [7, 11) is 0. The number of carbonyl (C=O) groups is 1. The molecule has 0 spiro atoms. The summed E-state index contributed by atoms with van der Waals surface area (Å²) in [5, 5.41) is 7.80. The van der Waals surface area contributed by atoms with Gasteiger partial charge in [0.05, 0.1) is 0 Å². The Hall–Kier alpha value is -3.34. The maximum atomic E-state index is 12.0. The molecule has 0 saturated carbocycles. The molecule has 1 aliphatic heterocycles. The van der Waals surface area contributed by atoms with E-state index in [0.29, 0.717) is 5.90 Å². The van der Waals surface area contributed by atoms with Crippen molar-refractivity contribution in [1.82, 2.24) is 5.01 Å². The number of ether oxygens (including phenoxy) is 2. The fourth-order valence-corrected chi connectivity index (χ4v) is 3.07. The average Bonchev–Trinajstić information content (AvgIpc) is 3.11. The lowest BCUT2D eigenvalue weighted by Gasteiger charge is -2.19. The lowest BCUT2D eigenvalue weighted by Crippen LogP contribution is -2.25. The third kappa shape index (κ3) is 3.49. The number of hydrogen-bond donors (Lipinski definition) is 0. The zero-order valence-electron chi connectivity index (χ0n) is 15.3. The highest BCUT2D eigenvalue weighted by Crippen LogP contribution is 2.30. The van der Waals surface area contributed by atoms with E-state index < -0.39 is 6.23 Å². The lowest BCUT2D eigenvalue weighted by molar-refractivity contribution is -0.135. The Bertz CT molecular complexity index is 1010. The van der Waals surface area contributed by atoms with E-state index in [0.717, 1.165) is 27.6 Å². The monoisotopic (exact) mass is 360 g/mol. The van der Waals surface area contributed by atoms with Crippen molar-refractivity contribution < 1.29 is 14.3 Å². The van der Waals surface area contributed by atoms with Crippen LogP contribution in [0.15, 0.2) is 71.8 Å². The number of amides is 1. The summed E-state index contributed by atoms with van der Waals surface area (Å²) in [6.45, 7) is 3.64. The van der Waals surface area contributed by atoms with E-state index in [2.05, 4.69) is 5.10 Å². The molecule has 3 aromatic carbocycles. The van der Waals surface area contributed by atoms with Crippen LogP contribution in [-0.4, -0.2) is 23.4 Å².